The third-order valence-electron chi connectivity index (χ3n) is 5.55. The maximum Gasteiger partial charge on any atom is 0.336 e. The highest BCUT2D eigenvalue weighted by Crippen LogP contribution is 2.45. The Kier molecular flexibility index (Phi) is 6.76. The van der Waals surface area contributed by atoms with Crippen molar-refractivity contribution in [2.45, 2.75) is 19.4 Å². The lowest BCUT2D eigenvalue weighted by Crippen LogP contribution is -2.26. The fraction of sp³-hybridized carbons (Fsp3) is 0.208. The Balaban J connectivity index is 1.78. The standard InChI is InChI=1S/C24H23ClN4O4S/c1-12-18(23(30)32-3)19(20-21(26)28-24(34)29-22(20)27-12)13-8-9-16(17(10-13)31-2)33-11-14-6-4-5-7-15(14)25/h4-10,19H,11H2,1-3H3,(H4,26,27,28,29,34). The number of aromatic nitrogens is 2. The normalized spacial score (nSPS) is 14.8. The van der Waals surface area contributed by atoms with E-state index in [0.29, 0.717) is 45.0 Å². The first kappa shape index (κ1) is 23.6. The van der Waals surface area contributed by atoms with Crippen LogP contribution in [0.15, 0.2) is 53.7 Å². The van der Waals surface area contributed by atoms with Gasteiger partial charge in [0.2, 0.25) is 0 Å². The monoisotopic (exact) mass is 498 g/mol. The van der Waals surface area contributed by atoms with Crippen LogP contribution in [0.4, 0.5) is 11.6 Å². The van der Waals surface area contributed by atoms with Gasteiger partial charge in [-0.2, -0.15) is 0 Å². The van der Waals surface area contributed by atoms with E-state index in [1.54, 1.807) is 26.2 Å². The summed E-state index contributed by atoms with van der Waals surface area (Å²) in [6.45, 7) is 2.05. The van der Waals surface area contributed by atoms with Gasteiger partial charge in [-0.05, 0) is 42.9 Å². The van der Waals surface area contributed by atoms with Crippen molar-refractivity contribution in [2.24, 2.45) is 0 Å². The minimum absolute atomic E-state index is 0.234. The van der Waals surface area contributed by atoms with Crippen LogP contribution in [0.3, 0.4) is 0 Å². The zero-order valence-electron chi connectivity index (χ0n) is 18.8. The highest BCUT2D eigenvalue weighted by Gasteiger charge is 2.36. The predicted molar refractivity (Wildman–Crippen MR) is 133 cm³/mol. The van der Waals surface area contributed by atoms with Crippen molar-refractivity contribution in [3.8, 4) is 11.5 Å². The van der Waals surface area contributed by atoms with E-state index < -0.39 is 11.9 Å². The van der Waals surface area contributed by atoms with Crippen LogP contribution in [-0.4, -0.2) is 30.2 Å². The number of carbonyl (C=O) groups excluding carboxylic acids is 1. The molecule has 2 heterocycles. The highest BCUT2D eigenvalue weighted by atomic mass is 35.5. The molecule has 0 radical (unpaired) electrons. The number of fused-ring (bicyclic) bond motifs is 1. The van der Waals surface area contributed by atoms with Gasteiger partial charge in [-0.25, -0.2) is 9.78 Å². The molecule has 0 saturated carbocycles. The Bertz CT molecular complexity index is 1360. The lowest BCUT2D eigenvalue weighted by Gasteiger charge is -2.30. The van der Waals surface area contributed by atoms with E-state index in [0.717, 1.165) is 11.1 Å². The molecule has 1 aromatic heterocycles. The van der Waals surface area contributed by atoms with Crippen LogP contribution in [-0.2, 0) is 16.1 Å². The molecule has 2 aromatic carbocycles. The quantitative estimate of drug-likeness (QED) is 0.323. The molecule has 0 aliphatic carbocycles. The second kappa shape index (κ2) is 9.74. The summed E-state index contributed by atoms with van der Waals surface area (Å²) >= 11 is 11.4. The number of carbonyl (C=O) groups is 1. The van der Waals surface area contributed by atoms with Crippen molar-refractivity contribution in [1.29, 1.82) is 0 Å². The first-order valence-electron chi connectivity index (χ1n) is 10.3. The molecule has 176 valence electrons. The molecule has 10 heteroatoms. The minimum atomic E-state index is -0.574. The Morgan fingerprint density at radius 2 is 1.97 bits per heavy atom. The smallest absolute Gasteiger partial charge is 0.336 e. The Hall–Kier alpha value is -3.56. The zero-order valence-corrected chi connectivity index (χ0v) is 20.3. The van der Waals surface area contributed by atoms with Crippen LogP contribution in [0, 0.1) is 4.77 Å². The number of hydrogen-bond donors (Lipinski definition) is 3. The van der Waals surface area contributed by atoms with E-state index in [9.17, 15) is 4.79 Å². The van der Waals surface area contributed by atoms with Gasteiger partial charge in [0, 0.05) is 21.8 Å². The van der Waals surface area contributed by atoms with Crippen LogP contribution in [0.1, 0.15) is 29.5 Å². The fourth-order valence-electron chi connectivity index (χ4n) is 3.96. The van der Waals surface area contributed by atoms with Gasteiger partial charge in [0.15, 0.2) is 16.3 Å². The van der Waals surface area contributed by atoms with Crippen molar-refractivity contribution in [3.63, 3.8) is 0 Å². The molecule has 1 unspecified atom stereocenters. The van der Waals surface area contributed by atoms with E-state index in [2.05, 4.69) is 15.3 Å². The number of aromatic amines is 1. The number of nitrogens with two attached hydrogens (primary N) is 1. The Labute approximate surface area is 206 Å². The summed E-state index contributed by atoms with van der Waals surface area (Å²) in [5.74, 6) is 0.741. The van der Waals surface area contributed by atoms with E-state index in [4.69, 9.17) is 43.8 Å². The number of anilines is 2. The number of methoxy groups -OCH3 is 2. The molecule has 0 saturated heterocycles. The molecular weight excluding hydrogens is 476 g/mol. The molecule has 4 rings (SSSR count). The number of rotatable bonds is 6. The second-order valence-electron chi connectivity index (χ2n) is 7.60. The van der Waals surface area contributed by atoms with Crippen molar-refractivity contribution in [1.82, 2.24) is 9.97 Å². The number of esters is 1. The van der Waals surface area contributed by atoms with Crippen molar-refractivity contribution >= 4 is 41.4 Å². The summed E-state index contributed by atoms with van der Waals surface area (Å²) < 4.78 is 16.9. The molecule has 0 fully saturated rings. The number of benzene rings is 2. The van der Waals surface area contributed by atoms with Gasteiger partial charge in [-0.3, -0.25) is 0 Å². The van der Waals surface area contributed by atoms with Gasteiger partial charge in [0.1, 0.15) is 18.2 Å². The number of hydrogen-bond acceptors (Lipinski definition) is 8. The van der Waals surface area contributed by atoms with E-state index in [1.165, 1.54) is 7.11 Å². The first-order valence-corrected chi connectivity index (χ1v) is 11.1. The maximum absolute atomic E-state index is 12.8. The van der Waals surface area contributed by atoms with Crippen LogP contribution < -0.4 is 20.5 Å². The largest absolute Gasteiger partial charge is 0.493 e. The number of halogens is 1. The number of nitrogens with zero attached hydrogens (tertiary/aromatic N) is 1. The van der Waals surface area contributed by atoms with E-state index >= 15 is 0 Å². The molecule has 34 heavy (non-hydrogen) atoms. The molecule has 3 aromatic rings. The van der Waals surface area contributed by atoms with Crippen molar-refractivity contribution in [3.05, 3.63) is 80.2 Å². The number of nitrogens with one attached hydrogen (secondary N) is 2. The average Bonchev–Trinajstić information content (AvgIpc) is 2.82. The molecule has 1 aliphatic rings. The van der Waals surface area contributed by atoms with Gasteiger partial charge >= 0.3 is 5.97 Å². The highest BCUT2D eigenvalue weighted by molar-refractivity contribution is 7.71. The summed E-state index contributed by atoms with van der Waals surface area (Å²) in [7, 11) is 2.88. The molecule has 0 amide bonds. The number of ether oxygens (including phenoxy) is 3. The van der Waals surface area contributed by atoms with Gasteiger partial charge in [-0.1, -0.05) is 35.9 Å². The molecule has 4 N–H and O–H groups in total. The van der Waals surface area contributed by atoms with E-state index in [-0.39, 0.29) is 11.4 Å². The topological polar surface area (TPSA) is 111 Å². The first-order chi connectivity index (χ1) is 16.3. The average molecular weight is 499 g/mol. The third kappa shape index (κ3) is 4.44. The summed E-state index contributed by atoms with van der Waals surface area (Å²) in [5, 5.41) is 3.74. The van der Waals surface area contributed by atoms with Crippen LogP contribution >= 0.6 is 23.8 Å². The molecule has 8 nitrogen and oxygen atoms in total. The summed E-state index contributed by atoms with van der Waals surface area (Å²) in [6, 6.07) is 12.9. The second-order valence-corrected chi connectivity index (χ2v) is 8.39. The SMILES string of the molecule is COC(=O)C1=C(C)Nc2nc(=S)[nH]c(N)c2C1c1ccc(OCc2ccccc2Cl)c(OC)c1. The van der Waals surface area contributed by atoms with Crippen molar-refractivity contribution in [2.75, 3.05) is 25.3 Å². The maximum atomic E-state index is 12.8. The number of H-pyrrole nitrogens is 1. The summed E-state index contributed by atoms with van der Waals surface area (Å²) in [4.78, 5) is 20.0. The van der Waals surface area contributed by atoms with Gasteiger partial charge < -0.3 is 30.2 Å². The van der Waals surface area contributed by atoms with Gasteiger partial charge in [0.25, 0.3) is 0 Å². The number of nitrogen functional groups attached to an aromatic ring is 1. The third-order valence-corrected chi connectivity index (χ3v) is 6.12. The van der Waals surface area contributed by atoms with Crippen LogP contribution in [0.25, 0.3) is 0 Å². The molecule has 1 atom stereocenters. The minimum Gasteiger partial charge on any atom is -0.493 e. The lowest BCUT2D eigenvalue weighted by atomic mass is 9.82. The number of allylic oxidation sites excluding steroid dienone is 1. The van der Waals surface area contributed by atoms with Crippen molar-refractivity contribution < 1.29 is 19.0 Å². The van der Waals surface area contributed by atoms with Gasteiger partial charge in [0.05, 0.1) is 25.7 Å². The molecule has 1 aliphatic heterocycles. The van der Waals surface area contributed by atoms with Crippen LogP contribution in [0.2, 0.25) is 5.02 Å². The summed E-state index contributed by atoms with van der Waals surface area (Å²) in [6.07, 6.45) is 0. The van der Waals surface area contributed by atoms with Crippen LogP contribution in [0.5, 0.6) is 11.5 Å². The lowest BCUT2D eigenvalue weighted by molar-refractivity contribution is -0.136. The fourth-order valence-corrected chi connectivity index (χ4v) is 4.35. The Morgan fingerprint density at radius 3 is 2.68 bits per heavy atom. The van der Waals surface area contributed by atoms with E-state index in [1.807, 2.05) is 30.3 Å². The summed E-state index contributed by atoms with van der Waals surface area (Å²) in [5.41, 5.74) is 9.48. The Morgan fingerprint density at radius 1 is 1.21 bits per heavy atom. The predicted octanol–water partition coefficient (Wildman–Crippen LogP) is 4.97. The molecule has 0 spiro atoms. The molecular formula is C24H23ClN4O4S. The zero-order chi connectivity index (χ0) is 24.4. The van der Waals surface area contributed by atoms with Gasteiger partial charge in [-0.15, -0.1) is 0 Å². The molecule has 0 bridgehead atoms.